The minimum Gasteiger partial charge on any atom is -0.333 e. The molecule has 1 N–H and O–H groups in total. The van der Waals surface area contributed by atoms with E-state index >= 15 is 0 Å². The third kappa shape index (κ3) is 4.00. The van der Waals surface area contributed by atoms with Gasteiger partial charge in [-0.05, 0) is 18.2 Å². The highest BCUT2D eigenvalue weighted by molar-refractivity contribution is 7.15. The Bertz CT molecular complexity index is 1150. The highest BCUT2D eigenvalue weighted by Gasteiger charge is 2.27. The van der Waals surface area contributed by atoms with Gasteiger partial charge in [0.1, 0.15) is 5.69 Å². The number of carbonyl (C=O) groups is 2. The van der Waals surface area contributed by atoms with Crippen LogP contribution in [0.5, 0.6) is 0 Å². The fraction of sp³-hybridized carbons (Fsp3) is 0.158. The second-order valence-electron chi connectivity index (χ2n) is 6.46. The number of amides is 2. The molecule has 1 aliphatic heterocycles. The topological polar surface area (TPSA) is 118 Å². The van der Waals surface area contributed by atoms with E-state index in [-0.39, 0.29) is 40.3 Å². The number of fused-ring (bicyclic) bond motifs is 1. The van der Waals surface area contributed by atoms with E-state index in [1.807, 2.05) is 0 Å². The van der Waals surface area contributed by atoms with Crippen LogP contribution in [0.25, 0.3) is 0 Å². The Morgan fingerprint density at radius 3 is 2.83 bits per heavy atom. The summed E-state index contributed by atoms with van der Waals surface area (Å²) in [6, 6.07) is 8.83. The molecule has 0 spiro atoms. The lowest BCUT2D eigenvalue weighted by molar-refractivity contribution is -0.384. The summed E-state index contributed by atoms with van der Waals surface area (Å²) in [4.78, 5) is 46.5. The van der Waals surface area contributed by atoms with Crippen molar-refractivity contribution >= 4 is 45.6 Å². The Labute approximate surface area is 179 Å². The van der Waals surface area contributed by atoms with Gasteiger partial charge >= 0.3 is 0 Å². The number of rotatable bonds is 4. The molecule has 30 heavy (non-hydrogen) atoms. The molecular formula is C19H14ClN5O4S. The molecule has 0 radical (unpaired) electrons. The summed E-state index contributed by atoms with van der Waals surface area (Å²) in [6.45, 7) is 0.673. The first-order chi connectivity index (χ1) is 14.4. The normalized spacial score (nSPS) is 12.9. The van der Waals surface area contributed by atoms with E-state index in [0.29, 0.717) is 18.1 Å². The molecule has 0 saturated heterocycles. The lowest BCUT2D eigenvalue weighted by Gasteiger charge is -2.26. The zero-order valence-electron chi connectivity index (χ0n) is 15.4. The van der Waals surface area contributed by atoms with Crippen LogP contribution in [0.15, 0.2) is 42.6 Å². The molecular weight excluding hydrogens is 430 g/mol. The Kier molecular flexibility index (Phi) is 5.42. The first kappa shape index (κ1) is 19.9. The van der Waals surface area contributed by atoms with Crippen molar-refractivity contribution in [3.05, 3.63) is 79.6 Å². The van der Waals surface area contributed by atoms with E-state index in [1.54, 1.807) is 23.1 Å². The summed E-state index contributed by atoms with van der Waals surface area (Å²) in [6.07, 6.45) is 2.04. The van der Waals surface area contributed by atoms with E-state index in [1.165, 1.54) is 35.7 Å². The number of nitro benzene ring substituents is 1. The molecule has 152 valence electrons. The van der Waals surface area contributed by atoms with Gasteiger partial charge in [0, 0.05) is 36.2 Å². The zero-order chi connectivity index (χ0) is 21.3. The Morgan fingerprint density at radius 2 is 2.10 bits per heavy atom. The van der Waals surface area contributed by atoms with E-state index in [9.17, 15) is 19.7 Å². The molecule has 2 aromatic heterocycles. The Morgan fingerprint density at radius 1 is 1.27 bits per heavy atom. The maximum atomic E-state index is 12.9. The monoisotopic (exact) mass is 443 g/mol. The predicted molar refractivity (Wildman–Crippen MR) is 111 cm³/mol. The maximum absolute atomic E-state index is 12.9. The number of pyridine rings is 1. The number of halogens is 1. The standard InChI is InChI=1S/C19H14ClN5O4S/c20-13-5-4-11(25(28)29)9-12(13)18(27)24-8-6-14-16(10-24)30-19(22-14)23-17(26)15-3-1-2-7-21-15/h1-5,7,9H,6,8,10H2,(H,22,23,26). The SMILES string of the molecule is O=C(Nc1nc2c(s1)CN(C(=O)c1cc([N+](=O)[O-])ccc1Cl)CC2)c1ccccn1. The van der Waals surface area contributed by atoms with Gasteiger partial charge in [-0.1, -0.05) is 29.0 Å². The minimum atomic E-state index is -0.568. The van der Waals surface area contributed by atoms with Crippen LogP contribution in [0.3, 0.4) is 0 Å². The lowest BCUT2D eigenvalue weighted by atomic mass is 10.1. The highest BCUT2D eigenvalue weighted by atomic mass is 35.5. The number of hydrogen-bond donors (Lipinski definition) is 1. The van der Waals surface area contributed by atoms with Gasteiger partial charge < -0.3 is 4.90 Å². The molecule has 0 atom stereocenters. The van der Waals surface area contributed by atoms with Crippen LogP contribution < -0.4 is 5.32 Å². The first-order valence-electron chi connectivity index (χ1n) is 8.86. The van der Waals surface area contributed by atoms with E-state index < -0.39 is 4.92 Å². The largest absolute Gasteiger partial charge is 0.333 e. The summed E-state index contributed by atoms with van der Waals surface area (Å²) >= 11 is 7.38. The number of nitrogens with one attached hydrogen (secondary N) is 1. The zero-order valence-corrected chi connectivity index (χ0v) is 16.9. The summed E-state index contributed by atoms with van der Waals surface area (Å²) < 4.78 is 0. The molecule has 3 heterocycles. The Hall–Kier alpha value is -3.37. The third-order valence-electron chi connectivity index (χ3n) is 4.53. The first-order valence-corrected chi connectivity index (χ1v) is 10.1. The number of aromatic nitrogens is 2. The van der Waals surface area contributed by atoms with Crippen LogP contribution >= 0.6 is 22.9 Å². The van der Waals surface area contributed by atoms with Gasteiger partial charge in [-0.3, -0.25) is 30.0 Å². The Balaban J connectivity index is 1.50. The van der Waals surface area contributed by atoms with Crippen LogP contribution in [0.4, 0.5) is 10.8 Å². The molecule has 0 unspecified atom stereocenters. The minimum absolute atomic E-state index is 0.0857. The van der Waals surface area contributed by atoms with Crippen LogP contribution in [0.1, 0.15) is 31.4 Å². The summed E-state index contributed by atoms with van der Waals surface area (Å²) in [5.74, 6) is -0.750. The van der Waals surface area contributed by atoms with Crippen molar-refractivity contribution in [1.29, 1.82) is 0 Å². The molecule has 9 nitrogen and oxygen atoms in total. The number of thiazole rings is 1. The smallest absolute Gasteiger partial charge is 0.276 e. The van der Waals surface area contributed by atoms with Crippen molar-refractivity contribution < 1.29 is 14.5 Å². The third-order valence-corrected chi connectivity index (χ3v) is 5.86. The number of carbonyl (C=O) groups excluding carboxylic acids is 2. The van der Waals surface area contributed by atoms with Crippen LogP contribution in [-0.2, 0) is 13.0 Å². The molecule has 0 aliphatic carbocycles. The molecule has 1 aliphatic rings. The van der Waals surface area contributed by atoms with Gasteiger partial charge in [0.05, 0.1) is 27.7 Å². The van der Waals surface area contributed by atoms with E-state index in [0.717, 1.165) is 10.6 Å². The average molecular weight is 444 g/mol. The van der Waals surface area contributed by atoms with Crippen LogP contribution in [0.2, 0.25) is 5.02 Å². The number of benzene rings is 1. The van der Waals surface area contributed by atoms with E-state index in [2.05, 4.69) is 15.3 Å². The molecule has 0 bridgehead atoms. The van der Waals surface area contributed by atoms with Gasteiger partial charge in [0.25, 0.3) is 17.5 Å². The van der Waals surface area contributed by atoms with Crippen molar-refractivity contribution in [2.75, 3.05) is 11.9 Å². The summed E-state index contributed by atoms with van der Waals surface area (Å²) in [5, 5.41) is 14.3. The summed E-state index contributed by atoms with van der Waals surface area (Å²) in [7, 11) is 0. The fourth-order valence-corrected chi connectivity index (χ4v) is 4.26. The van der Waals surface area contributed by atoms with Gasteiger partial charge in [-0.15, -0.1) is 0 Å². The van der Waals surface area contributed by atoms with Crippen molar-refractivity contribution in [3.8, 4) is 0 Å². The number of anilines is 1. The number of nitro groups is 1. The number of hydrogen-bond acceptors (Lipinski definition) is 7. The number of nitrogens with zero attached hydrogens (tertiary/aromatic N) is 4. The molecule has 0 fully saturated rings. The molecule has 11 heteroatoms. The van der Waals surface area contributed by atoms with Crippen molar-refractivity contribution in [2.24, 2.45) is 0 Å². The van der Waals surface area contributed by atoms with Crippen molar-refractivity contribution in [3.63, 3.8) is 0 Å². The van der Waals surface area contributed by atoms with Crippen molar-refractivity contribution in [2.45, 2.75) is 13.0 Å². The average Bonchev–Trinajstić information content (AvgIpc) is 3.15. The molecule has 4 rings (SSSR count). The summed E-state index contributed by atoms with van der Waals surface area (Å²) in [5.41, 5.74) is 0.980. The van der Waals surface area contributed by atoms with Gasteiger partial charge in [0.15, 0.2) is 5.13 Å². The molecule has 3 aromatic rings. The maximum Gasteiger partial charge on any atom is 0.276 e. The van der Waals surface area contributed by atoms with Crippen molar-refractivity contribution in [1.82, 2.24) is 14.9 Å². The van der Waals surface area contributed by atoms with E-state index in [4.69, 9.17) is 11.6 Å². The highest BCUT2D eigenvalue weighted by Crippen LogP contribution is 2.31. The molecule has 0 saturated carbocycles. The fourth-order valence-electron chi connectivity index (χ4n) is 3.04. The quantitative estimate of drug-likeness (QED) is 0.486. The van der Waals surface area contributed by atoms with Crippen LogP contribution in [-0.4, -0.2) is 38.2 Å². The van der Waals surface area contributed by atoms with Gasteiger partial charge in [-0.2, -0.15) is 0 Å². The second kappa shape index (κ2) is 8.17. The predicted octanol–water partition coefficient (Wildman–Crippen LogP) is 3.55. The molecule has 1 aromatic carbocycles. The number of non-ortho nitro benzene ring substituents is 1. The second-order valence-corrected chi connectivity index (χ2v) is 7.95. The van der Waals surface area contributed by atoms with Gasteiger partial charge in [0.2, 0.25) is 0 Å². The van der Waals surface area contributed by atoms with Gasteiger partial charge in [-0.25, -0.2) is 4.98 Å². The molecule has 2 amide bonds. The lowest BCUT2D eigenvalue weighted by Crippen LogP contribution is -2.35. The van der Waals surface area contributed by atoms with Crippen LogP contribution in [0, 0.1) is 10.1 Å².